The average molecular weight is 283 g/mol. The van der Waals surface area contributed by atoms with E-state index in [1.807, 2.05) is 20.8 Å². The summed E-state index contributed by atoms with van der Waals surface area (Å²) in [5.74, 6) is 0.368. The second-order valence-electron chi connectivity index (χ2n) is 4.23. The van der Waals surface area contributed by atoms with E-state index < -0.39 is 0 Å². The van der Waals surface area contributed by atoms with Gasteiger partial charge in [0.15, 0.2) is 5.75 Å². The van der Waals surface area contributed by atoms with Crippen LogP contribution in [0.15, 0.2) is 11.6 Å². The van der Waals surface area contributed by atoms with E-state index >= 15 is 0 Å². The Hall–Kier alpha value is -1.69. The molecule has 1 aromatic rings. The number of nitrogen functional groups attached to an aromatic ring is 1. The summed E-state index contributed by atoms with van der Waals surface area (Å²) in [6.45, 7) is 7.17. The highest BCUT2D eigenvalue weighted by atomic mass is 32.1. The molecule has 5 nitrogen and oxygen atoms in total. The molecule has 0 fully saturated rings. The summed E-state index contributed by atoms with van der Waals surface area (Å²) in [4.78, 5) is 12.3. The molecule has 0 unspecified atom stereocenters. The number of rotatable bonds is 6. The highest BCUT2D eigenvalue weighted by Crippen LogP contribution is 2.42. The molecule has 106 valence electrons. The predicted molar refractivity (Wildman–Crippen MR) is 81.2 cm³/mol. The highest BCUT2D eigenvalue weighted by molar-refractivity contribution is 7.19. The molecule has 19 heavy (non-hydrogen) atoms. The Bertz CT molecular complexity index is 476. The second-order valence-corrected chi connectivity index (χ2v) is 5.25. The van der Waals surface area contributed by atoms with Crippen molar-refractivity contribution in [2.45, 2.75) is 20.8 Å². The molecule has 0 aliphatic rings. The predicted octanol–water partition coefficient (Wildman–Crippen LogP) is 2.47. The van der Waals surface area contributed by atoms with Crippen molar-refractivity contribution in [3.63, 3.8) is 0 Å². The van der Waals surface area contributed by atoms with Crippen LogP contribution < -0.4 is 21.1 Å². The number of nitrogens with two attached hydrogens (primary N) is 1. The van der Waals surface area contributed by atoms with Gasteiger partial charge in [-0.1, -0.05) is 11.6 Å². The summed E-state index contributed by atoms with van der Waals surface area (Å²) in [5.41, 5.74) is 7.56. The number of ether oxygens (including phenoxy) is 1. The van der Waals surface area contributed by atoms with E-state index in [4.69, 9.17) is 10.5 Å². The van der Waals surface area contributed by atoms with Crippen molar-refractivity contribution in [1.29, 1.82) is 0 Å². The minimum Gasteiger partial charge on any atom is -0.492 e. The highest BCUT2D eigenvalue weighted by Gasteiger charge is 2.21. The molecule has 0 atom stereocenters. The summed E-state index contributed by atoms with van der Waals surface area (Å²) < 4.78 is 5.26. The van der Waals surface area contributed by atoms with E-state index in [1.165, 1.54) is 16.9 Å². The molecule has 0 aliphatic heterocycles. The summed E-state index contributed by atoms with van der Waals surface area (Å²) in [5, 5.41) is 6.73. The van der Waals surface area contributed by atoms with Gasteiger partial charge >= 0.3 is 0 Å². The van der Waals surface area contributed by atoms with E-state index in [9.17, 15) is 4.79 Å². The first kappa shape index (κ1) is 15.4. The zero-order valence-corrected chi connectivity index (χ0v) is 12.6. The van der Waals surface area contributed by atoms with Gasteiger partial charge < -0.3 is 21.1 Å². The largest absolute Gasteiger partial charge is 0.492 e. The molecule has 1 rings (SSSR count). The number of carbonyl (C=O) groups excluding carboxylic acids is 1. The van der Waals surface area contributed by atoms with Crippen molar-refractivity contribution in [3.8, 4) is 5.75 Å². The molecule has 0 aliphatic carbocycles. The lowest BCUT2D eigenvalue weighted by molar-refractivity contribution is 0.0960. The Labute approximate surface area is 117 Å². The molecule has 1 amide bonds. The van der Waals surface area contributed by atoms with Gasteiger partial charge in [0.1, 0.15) is 15.6 Å². The van der Waals surface area contributed by atoms with Gasteiger partial charge in [0.05, 0.1) is 7.11 Å². The van der Waals surface area contributed by atoms with E-state index in [0.717, 1.165) is 5.00 Å². The van der Waals surface area contributed by atoms with Gasteiger partial charge in [-0.2, -0.15) is 0 Å². The van der Waals surface area contributed by atoms with Crippen LogP contribution in [0.1, 0.15) is 30.4 Å². The topological polar surface area (TPSA) is 76.4 Å². The molecular weight excluding hydrogens is 262 g/mol. The van der Waals surface area contributed by atoms with Crippen LogP contribution in [0.3, 0.4) is 0 Å². The summed E-state index contributed by atoms with van der Waals surface area (Å²) in [7, 11) is 1.55. The maximum absolute atomic E-state index is 11.9. The molecule has 0 saturated heterocycles. The molecule has 0 radical (unpaired) electrons. The quantitative estimate of drug-likeness (QED) is 0.701. The zero-order valence-electron chi connectivity index (χ0n) is 11.8. The van der Waals surface area contributed by atoms with Crippen molar-refractivity contribution >= 4 is 27.9 Å². The molecular formula is C13H21N3O2S. The van der Waals surface area contributed by atoms with Gasteiger partial charge in [-0.3, -0.25) is 4.79 Å². The van der Waals surface area contributed by atoms with E-state index in [-0.39, 0.29) is 5.91 Å². The van der Waals surface area contributed by atoms with Gasteiger partial charge in [-0.25, -0.2) is 0 Å². The lowest BCUT2D eigenvalue weighted by Crippen LogP contribution is -2.22. The third-order valence-corrected chi connectivity index (χ3v) is 3.56. The van der Waals surface area contributed by atoms with Crippen LogP contribution in [0.2, 0.25) is 0 Å². The Balaban J connectivity index is 2.95. The number of hydrogen-bond donors (Lipinski definition) is 3. The van der Waals surface area contributed by atoms with Crippen LogP contribution in [-0.2, 0) is 0 Å². The van der Waals surface area contributed by atoms with Crippen molar-refractivity contribution < 1.29 is 9.53 Å². The molecule has 6 heteroatoms. The molecule has 0 saturated carbocycles. The molecule has 1 aromatic heterocycles. The molecule has 0 spiro atoms. The van der Waals surface area contributed by atoms with Crippen molar-refractivity contribution in [2.75, 3.05) is 31.2 Å². The average Bonchev–Trinajstić information content (AvgIpc) is 2.65. The first-order valence-electron chi connectivity index (χ1n) is 6.12. The lowest BCUT2D eigenvalue weighted by atomic mass is 10.3. The summed E-state index contributed by atoms with van der Waals surface area (Å²) in [6.07, 6.45) is 2.06. The molecule has 4 N–H and O–H groups in total. The summed E-state index contributed by atoms with van der Waals surface area (Å²) >= 11 is 1.31. The van der Waals surface area contributed by atoms with Gasteiger partial charge in [0.2, 0.25) is 0 Å². The number of amides is 1. The number of hydrogen-bond acceptors (Lipinski definition) is 5. The fourth-order valence-corrected chi connectivity index (χ4v) is 2.52. The lowest BCUT2D eigenvalue weighted by Gasteiger charge is -2.04. The number of anilines is 2. The minimum absolute atomic E-state index is 0.168. The molecule has 1 heterocycles. The van der Waals surface area contributed by atoms with Gasteiger partial charge in [-0.05, 0) is 20.8 Å². The molecule has 0 aromatic carbocycles. The number of allylic oxidation sites excluding steroid dienone is 1. The van der Waals surface area contributed by atoms with Crippen molar-refractivity contribution in [3.05, 3.63) is 16.5 Å². The van der Waals surface area contributed by atoms with Crippen LogP contribution >= 0.6 is 11.3 Å². The maximum atomic E-state index is 11.9. The molecule has 0 bridgehead atoms. The van der Waals surface area contributed by atoms with Gasteiger partial charge in [-0.15, -0.1) is 11.3 Å². The normalized spacial score (nSPS) is 9.89. The SMILES string of the molecule is CCNC(=O)c1sc(NCC=C(C)C)c(OC)c1N. The summed E-state index contributed by atoms with van der Waals surface area (Å²) in [6, 6.07) is 0. The minimum atomic E-state index is -0.168. The van der Waals surface area contributed by atoms with E-state index in [0.29, 0.717) is 29.4 Å². The Morgan fingerprint density at radius 2 is 2.16 bits per heavy atom. The zero-order chi connectivity index (χ0) is 14.4. The first-order chi connectivity index (χ1) is 9.01. The maximum Gasteiger partial charge on any atom is 0.263 e. The fraction of sp³-hybridized carbons (Fsp3) is 0.462. The second kappa shape index (κ2) is 7.04. The number of methoxy groups -OCH3 is 1. The van der Waals surface area contributed by atoms with Crippen LogP contribution in [0.25, 0.3) is 0 Å². The van der Waals surface area contributed by atoms with Crippen molar-refractivity contribution in [2.24, 2.45) is 0 Å². The number of thiophene rings is 1. The number of carbonyl (C=O) groups is 1. The van der Waals surface area contributed by atoms with E-state index in [1.54, 1.807) is 7.11 Å². The Kier molecular flexibility index (Phi) is 5.69. The Morgan fingerprint density at radius 3 is 2.68 bits per heavy atom. The fourth-order valence-electron chi connectivity index (χ4n) is 1.51. The number of nitrogens with one attached hydrogen (secondary N) is 2. The smallest absolute Gasteiger partial charge is 0.263 e. The first-order valence-corrected chi connectivity index (χ1v) is 6.94. The van der Waals surface area contributed by atoms with Crippen LogP contribution in [0, 0.1) is 0 Å². The van der Waals surface area contributed by atoms with Gasteiger partial charge in [0, 0.05) is 13.1 Å². The van der Waals surface area contributed by atoms with Crippen molar-refractivity contribution in [1.82, 2.24) is 5.32 Å². The van der Waals surface area contributed by atoms with Crippen LogP contribution in [-0.4, -0.2) is 26.1 Å². The standard InChI is InChI=1S/C13H21N3O2S/c1-5-15-12(17)11-9(14)10(18-4)13(19-11)16-7-6-8(2)3/h6,16H,5,7,14H2,1-4H3,(H,15,17). The third-order valence-electron chi connectivity index (χ3n) is 2.42. The third kappa shape index (κ3) is 3.89. The van der Waals surface area contributed by atoms with Crippen LogP contribution in [0.4, 0.5) is 10.7 Å². The van der Waals surface area contributed by atoms with Gasteiger partial charge in [0.25, 0.3) is 5.91 Å². The monoisotopic (exact) mass is 283 g/mol. The Morgan fingerprint density at radius 1 is 1.47 bits per heavy atom. The van der Waals surface area contributed by atoms with Crippen LogP contribution in [0.5, 0.6) is 5.75 Å². The van der Waals surface area contributed by atoms with E-state index in [2.05, 4.69) is 16.7 Å².